The van der Waals surface area contributed by atoms with Gasteiger partial charge in [-0.3, -0.25) is 4.79 Å². The second-order valence-electron chi connectivity index (χ2n) is 6.83. The third-order valence-electron chi connectivity index (χ3n) is 4.85. The number of ketones is 1. The van der Waals surface area contributed by atoms with Crippen LogP contribution < -0.4 is 10.6 Å². The van der Waals surface area contributed by atoms with Crippen molar-refractivity contribution in [3.63, 3.8) is 0 Å². The van der Waals surface area contributed by atoms with Gasteiger partial charge in [-0.1, -0.05) is 11.3 Å². The second-order valence-corrected chi connectivity index (χ2v) is 7.81. The van der Waals surface area contributed by atoms with Crippen LogP contribution in [0, 0.1) is 18.3 Å². The molecule has 3 heterocycles. The van der Waals surface area contributed by atoms with E-state index >= 15 is 0 Å². The van der Waals surface area contributed by atoms with Crippen LogP contribution in [-0.2, 0) is 11.3 Å². The van der Waals surface area contributed by atoms with Gasteiger partial charge in [0, 0.05) is 48.7 Å². The van der Waals surface area contributed by atoms with Crippen LogP contribution in [0.3, 0.4) is 0 Å². The molecule has 3 aromatic rings. The SMILES string of the molecule is Cc1nc(N2CCOCC2)sc1C(=O)c1cc(C#N)ccc1-c1ncc(CN)cn1. The van der Waals surface area contributed by atoms with E-state index in [0.717, 1.165) is 23.8 Å². The van der Waals surface area contributed by atoms with Crippen molar-refractivity contribution in [2.24, 2.45) is 5.73 Å². The largest absolute Gasteiger partial charge is 0.378 e. The maximum absolute atomic E-state index is 13.5. The van der Waals surface area contributed by atoms with Gasteiger partial charge in [0.25, 0.3) is 0 Å². The highest BCUT2D eigenvalue weighted by atomic mass is 32.1. The summed E-state index contributed by atoms with van der Waals surface area (Å²) in [6, 6.07) is 7.06. The van der Waals surface area contributed by atoms with Gasteiger partial charge in [-0.25, -0.2) is 15.0 Å². The smallest absolute Gasteiger partial charge is 0.205 e. The van der Waals surface area contributed by atoms with E-state index in [0.29, 0.717) is 52.8 Å². The standard InChI is InChI=1S/C21H20N6O2S/c1-13-19(30-21(26-13)27-4-6-29-7-5-27)18(28)17-8-14(9-22)2-3-16(17)20-24-11-15(10-23)12-25-20/h2-3,8,11-12H,4-7,10,23H2,1H3. The summed E-state index contributed by atoms with van der Waals surface area (Å²) in [7, 11) is 0. The monoisotopic (exact) mass is 420 g/mol. The average molecular weight is 420 g/mol. The first-order chi connectivity index (χ1) is 14.6. The number of hydrogen-bond acceptors (Lipinski definition) is 9. The number of nitriles is 1. The number of nitrogens with two attached hydrogens (primary N) is 1. The molecule has 4 rings (SSSR count). The van der Waals surface area contributed by atoms with Crippen LogP contribution in [0.1, 0.15) is 32.1 Å². The molecule has 152 valence electrons. The van der Waals surface area contributed by atoms with Crippen molar-refractivity contribution < 1.29 is 9.53 Å². The summed E-state index contributed by atoms with van der Waals surface area (Å²) in [6.07, 6.45) is 3.28. The third kappa shape index (κ3) is 3.93. The third-order valence-corrected chi connectivity index (χ3v) is 6.07. The Morgan fingerprint density at radius 2 is 2.03 bits per heavy atom. The second kappa shape index (κ2) is 8.67. The van der Waals surface area contributed by atoms with Crippen molar-refractivity contribution >= 4 is 22.3 Å². The first-order valence-corrected chi connectivity index (χ1v) is 10.3. The lowest BCUT2D eigenvalue weighted by Gasteiger charge is -2.26. The van der Waals surface area contributed by atoms with Crippen LogP contribution in [0.4, 0.5) is 5.13 Å². The fraction of sp³-hybridized carbons (Fsp3) is 0.286. The van der Waals surface area contributed by atoms with Crippen LogP contribution in [-0.4, -0.2) is 47.0 Å². The van der Waals surface area contributed by atoms with E-state index in [1.54, 1.807) is 30.6 Å². The molecule has 1 saturated heterocycles. The Morgan fingerprint density at radius 1 is 1.30 bits per heavy atom. The Bertz CT molecular complexity index is 1110. The molecule has 1 fully saturated rings. The van der Waals surface area contributed by atoms with Crippen LogP contribution in [0.2, 0.25) is 0 Å². The number of morpholine rings is 1. The lowest BCUT2D eigenvalue weighted by Crippen LogP contribution is -2.36. The predicted octanol–water partition coefficient (Wildman–Crippen LogP) is 2.31. The van der Waals surface area contributed by atoms with Crippen LogP contribution in [0.25, 0.3) is 11.4 Å². The number of thiazole rings is 1. The number of carbonyl (C=O) groups is 1. The molecule has 2 aromatic heterocycles. The minimum absolute atomic E-state index is 0.192. The number of ether oxygens (including phenoxy) is 1. The number of rotatable bonds is 5. The molecule has 0 aliphatic carbocycles. The van der Waals surface area contributed by atoms with E-state index in [-0.39, 0.29) is 5.78 Å². The zero-order valence-corrected chi connectivity index (χ0v) is 17.3. The van der Waals surface area contributed by atoms with Gasteiger partial charge in [0.05, 0.1) is 35.4 Å². The molecular weight excluding hydrogens is 400 g/mol. The van der Waals surface area contributed by atoms with Gasteiger partial charge >= 0.3 is 0 Å². The molecule has 0 spiro atoms. The molecule has 8 nitrogen and oxygen atoms in total. The molecule has 0 saturated carbocycles. The number of nitrogens with zero attached hydrogens (tertiary/aromatic N) is 5. The summed E-state index contributed by atoms with van der Waals surface area (Å²) in [5, 5.41) is 10.1. The maximum atomic E-state index is 13.5. The molecule has 0 radical (unpaired) electrons. The average Bonchev–Trinajstić information content (AvgIpc) is 3.20. The zero-order valence-electron chi connectivity index (χ0n) is 16.5. The summed E-state index contributed by atoms with van der Waals surface area (Å²) in [5.41, 5.74) is 8.45. The predicted molar refractivity (Wildman–Crippen MR) is 113 cm³/mol. The molecular formula is C21H20N6O2S. The summed E-state index contributed by atoms with van der Waals surface area (Å²) < 4.78 is 5.40. The molecule has 0 unspecified atom stereocenters. The van der Waals surface area contributed by atoms with Crippen molar-refractivity contribution in [3.8, 4) is 17.5 Å². The normalized spacial score (nSPS) is 13.8. The highest BCUT2D eigenvalue weighted by Crippen LogP contribution is 2.31. The zero-order chi connectivity index (χ0) is 21.1. The molecule has 1 aromatic carbocycles. The highest BCUT2D eigenvalue weighted by molar-refractivity contribution is 7.17. The molecule has 9 heteroatoms. The first kappa shape index (κ1) is 20.1. The van der Waals surface area contributed by atoms with E-state index in [1.807, 2.05) is 6.92 Å². The van der Waals surface area contributed by atoms with Gasteiger partial charge in [-0.2, -0.15) is 5.26 Å². The van der Waals surface area contributed by atoms with E-state index < -0.39 is 0 Å². The van der Waals surface area contributed by atoms with Gasteiger partial charge in [0.1, 0.15) is 0 Å². The number of aromatic nitrogens is 3. The van der Waals surface area contributed by atoms with Crippen molar-refractivity contribution in [1.82, 2.24) is 15.0 Å². The van der Waals surface area contributed by atoms with E-state index in [4.69, 9.17) is 10.5 Å². The van der Waals surface area contributed by atoms with Gasteiger partial charge in [0.15, 0.2) is 11.0 Å². The number of carbonyl (C=O) groups excluding carboxylic acids is 1. The number of anilines is 1. The van der Waals surface area contributed by atoms with Crippen molar-refractivity contribution in [1.29, 1.82) is 5.26 Å². The Balaban J connectivity index is 1.74. The van der Waals surface area contributed by atoms with Crippen molar-refractivity contribution in [2.75, 3.05) is 31.2 Å². The van der Waals surface area contributed by atoms with Crippen LogP contribution >= 0.6 is 11.3 Å². The summed E-state index contributed by atoms with van der Waals surface area (Å²) >= 11 is 1.36. The van der Waals surface area contributed by atoms with Gasteiger partial charge in [0.2, 0.25) is 5.78 Å². The summed E-state index contributed by atoms with van der Waals surface area (Å²) in [6.45, 7) is 4.95. The summed E-state index contributed by atoms with van der Waals surface area (Å²) in [5.74, 6) is 0.221. The lowest BCUT2D eigenvalue weighted by atomic mass is 9.98. The van der Waals surface area contributed by atoms with Gasteiger partial charge in [-0.15, -0.1) is 0 Å². The van der Waals surface area contributed by atoms with Crippen LogP contribution in [0.15, 0.2) is 30.6 Å². The Labute approximate surface area is 178 Å². The molecule has 0 atom stereocenters. The lowest BCUT2D eigenvalue weighted by molar-refractivity contribution is 0.104. The molecule has 0 amide bonds. The first-order valence-electron chi connectivity index (χ1n) is 9.51. The fourth-order valence-electron chi connectivity index (χ4n) is 3.20. The van der Waals surface area contributed by atoms with E-state index in [9.17, 15) is 10.1 Å². The van der Waals surface area contributed by atoms with Crippen LogP contribution in [0.5, 0.6) is 0 Å². The summed E-state index contributed by atoms with van der Waals surface area (Å²) in [4.78, 5) is 29.5. The molecule has 1 aliphatic heterocycles. The van der Waals surface area contributed by atoms with Gasteiger partial charge < -0.3 is 15.4 Å². The maximum Gasteiger partial charge on any atom is 0.205 e. The Hall–Kier alpha value is -3.19. The van der Waals surface area contributed by atoms with Crippen molar-refractivity contribution in [3.05, 3.63) is 57.9 Å². The Morgan fingerprint density at radius 3 is 2.70 bits per heavy atom. The number of hydrogen-bond donors (Lipinski definition) is 1. The van der Waals surface area contributed by atoms with E-state index in [1.165, 1.54) is 11.3 Å². The molecule has 30 heavy (non-hydrogen) atoms. The van der Waals surface area contributed by atoms with Gasteiger partial charge in [-0.05, 0) is 25.1 Å². The minimum atomic E-state index is -0.192. The molecule has 1 aliphatic rings. The topological polar surface area (TPSA) is 118 Å². The van der Waals surface area contributed by atoms with Crippen molar-refractivity contribution in [2.45, 2.75) is 13.5 Å². The minimum Gasteiger partial charge on any atom is -0.378 e. The molecule has 2 N–H and O–H groups in total. The number of aryl methyl sites for hydroxylation is 1. The number of benzene rings is 1. The quantitative estimate of drug-likeness (QED) is 0.625. The highest BCUT2D eigenvalue weighted by Gasteiger charge is 2.24. The van der Waals surface area contributed by atoms with E-state index in [2.05, 4.69) is 25.9 Å². The molecule has 0 bridgehead atoms. The Kier molecular flexibility index (Phi) is 5.81. The fourth-order valence-corrected chi connectivity index (χ4v) is 4.27.